The number of alkyl halides is 2. The lowest BCUT2D eigenvalue weighted by atomic mass is 9.87. The summed E-state index contributed by atoms with van der Waals surface area (Å²) in [6.45, 7) is 7.24. The van der Waals surface area contributed by atoms with Gasteiger partial charge in [0.2, 0.25) is 0 Å². The van der Waals surface area contributed by atoms with Crippen LogP contribution in [0.25, 0.3) is 21.3 Å². The van der Waals surface area contributed by atoms with Crippen LogP contribution in [0, 0.1) is 6.92 Å². The largest absolute Gasteiger partial charge is 0.479 e. The number of aliphatic carboxylic acids is 1. The second kappa shape index (κ2) is 8.52. The van der Waals surface area contributed by atoms with Gasteiger partial charge in [0, 0.05) is 32.6 Å². The SMILES string of the molecule is Cc1nc2sc3c(c2c(-c2ccc(C(F)F)cc2)c1C(OC(C)(C)C)C(=O)O)CCCC3. The highest BCUT2D eigenvalue weighted by atomic mass is 32.1. The minimum Gasteiger partial charge on any atom is -0.479 e. The van der Waals surface area contributed by atoms with Gasteiger partial charge in [0.1, 0.15) is 4.83 Å². The number of pyridine rings is 1. The number of halogens is 2. The molecule has 0 spiro atoms. The average Bonchev–Trinajstić information content (AvgIpc) is 3.08. The highest BCUT2D eigenvalue weighted by Crippen LogP contribution is 2.45. The molecule has 0 fully saturated rings. The molecule has 0 saturated carbocycles. The number of aryl methyl sites for hydroxylation is 3. The molecule has 1 aliphatic carbocycles. The Bertz CT molecular complexity index is 1160. The van der Waals surface area contributed by atoms with Crippen molar-refractivity contribution in [1.82, 2.24) is 4.98 Å². The van der Waals surface area contributed by atoms with E-state index in [0.29, 0.717) is 16.8 Å². The first-order valence-electron chi connectivity index (χ1n) is 10.8. The minimum atomic E-state index is -2.56. The number of fused-ring (bicyclic) bond motifs is 3. The maximum absolute atomic E-state index is 13.2. The molecule has 2 aromatic heterocycles. The Balaban J connectivity index is 2.05. The molecule has 1 aliphatic rings. The number of carboxylic acid groups (broad SMARTS) is 1. The normalized spacial score (nSPS) is 15.2. The van der Waals surface area contributed by atoms with Crippen molar-refractivity contribution in [3.05, 3.63) is 51.5 Å². The molecule has 3 aromatic rings. The predicted molar refractivity (Wildman–Crippen MR) is 123 cm³/mol. The van der Waals surface area contributed by atoms with E-state index in [1.54, 1.807) is 30.4 Å². The summed E-state index contributed by atoms with van der Waals surface area (Å²) in [7, 11) is 0. The Morgan fingerprint density at radius 2 is 1.81 bits per heavy atom. The van der Waals surface area contributed by atoms with E-state index >= 15 is 0 Å². The first-order valence-corrected chi connectivity index (χ1v) is 11.6. The summed E-state index contributed by atoms with van der Waals surface area (Å²) < 4.78 is 32.4. The van der Waals surface area contributed by atoms with Gasteiger partial charge < -0.3 is 9.84 Å². The molecule has 1 aromatic carbocycles. The molecule has 0 aliphatic heterocycles. The first kappa shape index (κ1) is 22.8. The molecular weight excluding hydrogens is 432 g/mol. The van der Waals surface area contributed by atoms with E-state index in [1.807, 2.05) is 20.8 Å². The fourth-order valence-corrected chi connectivity index (χ4v) is 5.74. The van der Waals surface area contributed by atoms with E-state index in [1.165, 1.54) is 22.6 Å². The molecule has 1 unspecified atom stereocenters. The third-order valence-electron chi connectivity index (χ3n) is 5.74. The molecule has 2 heterocycles. The monoisotopic (exact) mass is 459 g/mol. The Morgan fingerprint density at radius 3 is 2.41 bits per heavy atom. The molecule has 4 nitrogen and oxygen atoms in total. The van der Waals surface area contributed by atoms with Crippen LogP contribution < -0.4 is 0 Å². The van der Waals surface area contributed by atoms with Gasteiger partial charge >= 0.3 is 5.97 Å². The van der Waals surface area contributed by atoms with Crippen molar-refractivity contribution >= 4 is 27.5 Å². The number of carboxylic acids is 1. The van der Waals surface area contributed by atoms with Crippen LogP contribution in [-0.2, 0) is 22.4 Å². The Kier molecular flexibility index (Phi) is 6.07. The maximum Gasteiger partial charge on any atom is 0.337 e. The number of nitrogens with zero attached hydrogens (tertiary/aromatic N) is 1. The lowest BCUT2D eigenvalue weighted by Crippen LogP contribution is -2.28. The van der Waals surface area contributed by atoms with Crippen molar-refractivity contribution in [2.24, 2.45) is 0 Å². The van der Waals surface area contributed by atoms with Crippen molar-refractivity contribution in [3.8, 4) is 11.1 Å². The van der Waals surface area contributed by atoms with Gasteiger partial charge in [0.15, 0.2) is 6.10 Å². The molecule has 7 heteroatoms. The Hall–Kier alpha value is -2.38. The highest BCUT2D eigenvalue weighted by Gasteiger charge is 2.34. The van der Waals surface area contributed by atoms with Gasteiger partial charge in [-0.25, -0.2) is 18.6 Å². The molecule has 0 radical (unpaired) electrons. The average molecular weight is 460 g/mol. The first-order chi connectivity index (χ1) is 15.1. The molecule has 4 rings (SSSR count). The van der Waals surface area contributed by atoms with Crippen LogP contribution in [0.2, 0.25) is 0 Å². The second-order valence-corrected chi connectivity index (χ2v) is 10.3. The highest BCUT2D eigenvalue weighted by molar-refractivity contribution is 7.19. The van der Waals surface area contributed by atoms with Crippen LogP contribution >= 0.6 is 11.3 Å². The molecule has 0 bridgehead atoms. The van der Waals surface area contributed by atoms with Crippen LogP contribution in [0.1, 0.15) is 73.4 Å². The van der Waals surface area contributed by atoms with Crippen LogP contribution in [0.5, 0.6) is 0 Å². The summed E-state index contributed by atoms with van der Waals surface area (Å²) in [5.41, 5.74) is 2.97. The summed E-state index contributed by atoms with van der Waals surface area (Å²) in [5.74, 6) is -1.10. The maximum atomic E-state index is 13.2. The number of aromatic nitrogens is 1. The quantitative estimate of drug-likeness (QED) is 0.445. The van der Waals surface area contributed by atoms with Gasteiger partial charge in [-0.15, -0.1) is 11.3 Å². The van der Waals surface area contributed by atoms with Gasteiger partial charge in [-0.3, -0.25) is 0 Å². The lowest BCUT2D eigenvalue weighted by Gasteiger charge is -2.28. The van der Waals surface area contributed by atoms with E-state index < -0.39 is 24.1 Å². The van der Waals surface area contributed by atoms with Gasteiger partial charge in [-0.05, 0) is 64.5 Å². The van der Waals surface area contributed by atoms with E-state index in [0.717, 1.165) is 41.5 Å². The number of carbonyl (C=O) groups is 1. The second-order valence-electron chi connectivity index (χ2n) is 9.25. The smallest absolute Gasteiger partial charge is 0.337 e. The van der Waals surface area contributed by atoms with Crippen LogP contribution in [0.4, 0.5) is 8.78 Å². The summed E-state index contributed by atoms with van der Waals surface area (Å²) >= 11 is 1.65. The molecule has 170 valence electrons. The van der Waals surface area contributed by atoms with Gasteiger partial charge in [-0.2, -0.15) is 0 Å². The van der Waals surface area contributed by atoms with Gasteiger partial charge in [0.25, 0.3) is 6.43 Å². The Labute approximate surface area is 190 Å². The number of benzene rings is 1. The van der Waals surface area contributed by atoms with Crippen LogP contribution in [-0.4, -0.2) is 21.7 Å². The van der Waals surface area contributed by atoms with E-state index in [-0.39, 0.29) is 5.56 Å². The predicted octanol–water partition coefficient (Wildman–Crippen LogP) is 7.03. The number of hydrogen-bond donors (Lipinski definition) is 1. The number of ether oxygens (including phenoxy) is 1. The topological polar surface area (TPSA) is 59.4 Å². The summed E-state index contributed by atoms with van der Waals surface area (Å²) in [5, 5.41) is 11.1. The summed E-state index contributed by atoms with van der Waals surface area (Å²) in [6, 6.07) is 6.12. The van der Waals surface area contributed by atoms with Gasteiger partial charge in [-0.1, -0.05) is 24.3 Å². The van der Waals surface area contributed by atoms with E-state index in [4.69, 9.17) is 9.72 Å². The number of hydrogen-bond acceptors (Lipinski definition) is 4. The van der Waals surface area contributed by atoms with Gasteiger partial charge in [0.05, 0.1) is 5.60 Å². The fraction of sp³-hybridized carbons (Fsp3) is 0.440. The van der Waals surface area contributed by atoms with Crippen molar-refractivity contribution < 1.29 is 23.4 Å². The third-order valence-corrected chi connectivity index (χ3v) is 6.93. The lowest BCUT2D eigenvalue weighted by molar-refractivity contribution is -0.160. The third kappa shape index (κ3) is 4.28. The summed E-state index contributed by atoms with van der Waals surface area (Å²) in [6.07, 6.45) is 0.277. The number of rotatable bonds is 5. The van der Waals surface area contributed by atoms with Crippen molar-refractivity contribution in [3.63, 3.8) is 0 Å². The van der Waals surface area contributed by atoms with Crippen molar-refractivity contribution in [1.29, 1.82) is 0 Å². The number of thiophene rings is 1. The summed E-state index contributed by atoms with van der Waals surface area (Å²) in [4.78, 5) is 19.3. The molecule has 1 atom stereocenters. The van der Waals surface area contributed by atoms with Crippen LogP contribution in [0.3, 0.4) is 0 Å². The van der Waals surface area contributed by atoms with E-state index in [9.17, 15) is 18.7 Å². The zero-order valence-corrected chi connectivity index (χ0v) is 19.5. The zero-order valence-electron chi connectivity index (χ0n) is 18.7. The van der Waals surface area contributed by atoms with Crippen molar-refractivity contribution in [2.75, 3.05) is 0 Å². The molecule has 32 heavy (non-hydrogen) atoms. The van der Waals surface area contributed by atoms with Crippen molar-refractivity contribution in [2.45, 2.75) is 71.5 Å². The van der Waals surface area contributed by atoms with Crippen LogP contribution in [0.15, 0.2) is 24.3 Å². The standard InChI is InChI=1S/C25H27F2NO3S/c1-13-18(21(24(29)30)31-25(2,3)4)19(14-9-11-15(12-10-14)22(26)27)20-16-7-5-6-8-17(16)32-23(20)28-13/h9-12,21-22H,5-8H2,1-4H3,(H,29,30). The van der Waals surface area contributed by atoms with E-state index in [2.05, 4.69) is 0 Å². The zero-order chi connectivity index (χ0) is 23.2. The fourth-order valence-electron chi connectivity index (χ4n) is 4.42. The molecule has 0 amide bonds. The molecule has 0 saturated heterocycles. The Morgan fingerprint density at radius 1 is 1.16 bits per heavy atom. The minimum absolute atomic E-state index is 0.0644. The molecular formula is C25H27F2NO3S. The molecule has 1 N–H and O–H groups in total.